The predicted octanol–water partition coefficient (Wildman–Crippen LogP) is 3.51. The molecule has 1 saturated heterocycles. The Balaban J connectivity index is 1.76. The highest BCUT2D eigenvalue weighted by molar-refractivity contribution is 5.76. The summed E-state index contributed by atoms with van der Waals surface area (Å²) in [6.45, 7) is 7.51. The van der Waals surface area contributed by atoms with E-state index in [0.717, 1.165) is 62.2 Å². The molecule has 3 rings (SSSR count). The van der Waals surface area contributed by atoms with Gasteiger partial charge in [-0.3, -0.25) is 4.79 Å². The number of aromatic nitrogens is 3. The van der Waals surface area contributed by atoms with Crippen molar-refractivity contribution in [1.82, 2.24) is 19.4 Å². The minimum atomic E-state index is 0.246. The van der Waals surface area contributed by atoms with Crippen molar-refractivity contribution in [1.29, 1.82) is 0 Å². The Labute approximate surface area is 143 Å². The van der Waals surface area contributed by atoms with Crippen molar-refractivity contribution in [3.8, 4) is 0 Å². The summed E-state index contributed by atoms with van der Waals surface area (Å²) in [5, 5.41) is 0. The lowest BCUT2D eigenvalue weighted by Crippen LogP contribution is -2.39. The fourth-order valence-electron chi connectivity index (χ4n) is 3.52. The molecule has 5 nitrogen and oxygen atoms in total. The summed E-state index contributed by atoms with van der Waals surface area (Å²) in [6, 6.07) is 4.36. The second-order valence-electron chi connectivity index (χ2n) is 6.43. The third-order valence-corrected chi connectivity index (χ3v) is 4.74. The molecule has 0 unspecified atom stereocenters. The van der Waals surface area contributed by atoms with Crippen LogP contribution in [0.15, 0.2) is 31.0 Å². The summed E-state index contributed by atoms with van der Waals surface area (Å²) in [5.41, 5.74) is 1.96. The number of allylic oxidation sites excluding steroid dienone is 1. The van der Waals surface area contributed by atoms with E-state index in [9.17, 15) is 4.79 Å². The van der Waals surface area contributed by atoms with Crippen molar-refractivity contribution >= 4 is 17.1 Å². The minimum Gasteiger partial charge on any atom is -0.343 e. The quantitative estimate of drug-likeness (QED) is 0.763. The highest BCUT2D eigenvalue weighted by Crippen LogP contribution is 2.28. The van der Waals surface area contributed by atoms with Crippen LogP contribution in [-0.4, -0.2) is 38.4 Å². The molecule has 24 heavy (non-hydrogen) atoms. The van der Waals surface area contributed by atoms with E-state index in [1.165, 1.54) is 0 Å². The number of carbonyl (C=O) groups is 1. The SMILES string of the molecule is C=CCCC(=O)N1CCC(n2c(CCC)nc3cccnc32)CC1. The monoisotopic (exact) mass is 326 g/mol. The smallest absolute Gasteiger partial charge is 0.222 e. The molecule has 2 aromatic heterocycles. The second-order valence-corrected chi connectivity index (χ2v) is 6.43. The van der Waals surface area contributed by atoms with Gasteiger partial charge in [-0.15, -0.1) is 6.58 Å². The van der Waals surface area contributed by atoms with Gasteiger partial charge in [-0.05, 0) is 37.8 Å². The van der Waals surface area contributed by atoms with Crippen LogP contribution in [0.2, 0.25) is 0 Å². The van der Waals surface area contributed by atoms with Gasteiger partial charge in [-0.2, -0.15) is 0 Å². The molecule has 0 aromatic carbocycles. The number of piperidine rings is 1. The van der Waals surface area contributed by atoms with Crippen LogP contribution in [0.5, 0.6) is 0 Å². The maximum atomic E-state index is 12.2. The highest BCUT2D eigenvalue weighted by atomic mass is 16.2. The first-order chi connectivity index (χ1) is 11.7. The normalized spacial score (nSPS) is 15.8. The van der Waals surface area contributed by atoms with Gasteiger partial charge in [0.2, 0.25) is 5.91 Å². The van der Waals surface area contributed by atoms with Crippen LogP contribution in [0.1, 0.15) is 50.9 Å². The van der Waals surface area contributed by atoms with Gasteiger partial charge in [-0.1, -0.05) is 13.0 Å². The number of amides is 1. The standard InChI is InChI=1S/C19H26N4O/c1-3-5-9-18(24)22-13-10-15(11-14-22)23-17(7-4-2)21-16-8-6-12-20-19(16)23/h3,6,8,12,15H,1,4-5,7,9-11,13-14H2,2H3. The summed E-state index contributed by atoms with van der Waals surface area (Å²) in [6.07, 6.45) is 8.96. The molecule has 0 atom stereocenters. The second kappa shape index (κ2) is 7.60. The van der Waals surface area contributed by atoms with Crippen LogP contribution >= 0.6 is 0 Å². The topological polar surface area (TPSA) is 51.0 Å². The molecule has 1 aliphatic heterocycles. The molecule has 128 valence electrons. The number of imidazole rings is 1. The molecule has 5 heteroatoms. The molecule has 0 saturated carbocycles. The van der Waals surface area contributed by atoms with Crippen molar-refractivity contribution in [3.63, 3.8) is 0 Å². The molecule has 0 bridgehead atoms. The van der Waals surface area contributed by atoms with Crippen molar-refractivity contribution in [3.05, 3.63) is 36.8 Å². The van der Waals surface area contributed by atoms with E-state index in [-0.39, 0.29) is 5.91 Å². The van der Waals surface area contributed by atoms with E-state index in [1.54, 1.807) is 0 Å². The molecule has 0 spiro atoms. The Morgan fingerprint density at radius 2 is 2.21 bits per heavy atom. The number of hydrogen-bond donors (Lipinski definition) is 0. The maximum Gasteiger partial charge on any atom is 0.222 e. The lowest BCUT2D eigenvalue weighted by atomic mass is 10.0. The fraction of sp³-hybridized carbons (Fsp3) is 0.526. The molecule has 3 heterocycles. The van der Waals surface area contributed by atoms with Crippen LogP contribution in [0.3, 0.4) is 0 Å². The maximum absolute atomic E-state index is 12.2. The zero-order valence-electron chi connectivity index (χ0n) is 14.4. The number of nitrogens with zero attached hydrogens (tertiary/aromatic N) is 4. The Morgan fingerprint density at radius 3 is 2.92 bits per heavy atom. The van der Waals surface area contributed by atoms with E-state index < -0.39 is 0 Å². The Morgan fingerprint density at radius 1 is 1.42 bits per heavy atom. The Hall–Kier alpha value is -2.17. The summed E-state index contributed by atoms with van der Waals surface area (Å²) in [4.78, 5) is 23.5. The van der Waals surface area contributed by atoms with Crippen LogP contribution < -0.4 is 0 Å². The third-order valence-electron chi connectivity index (χ3n) is 4.74. The van der Waals surface area contributed by atoms with Gasteiger partial charge in [-0.25, -0.2) is 9.97 Å². The predicted molar refractivity (Wildman–Crippen MR) is 95.8 cm³/mol. The number of hydrogen-bond acceptors (Lipinski definition) is 3. The number of rotatable bonds is 6. The number of carbonyl (C=O) groups excluding carboxylic acids is 1. The zero-order valence-corrected chi connectivity index (χ0v) is 14.4. The minimum absolute atomic E-state index is 0.246. The van der Waals surface area contributed by atoms with Gasteiger partial charge in [0.1, 0.15) is 11.3 Å². The number of fused-ring (bicyclic) bond motifs is 1. The molecular weight excluding hydrogens is 300 g/mol. The lowest BCUT2D eigenvalue weighted by molar-refractivity contribution is -0.132. The zero-order chi connectivity index (χ0) is 16.9. The first-order valence-corrected chi connectivity index (χ1v) is 8.95. The van der Waals surface area contributed by atoms with Crippen LogP contribution in [0.25, 0.3) is 11.2 Å². The van der Waals surface area contributed by atoms with E-state index in [0.29, 0.717) is 12.5 Å². The first-order valence-electron chi connectivity index (χ1n) is 8.95. The Bertz CT molecular complexity index is 713. The van der Waals surface area contributed by atoms with Crippen molar-refractivity contribution < 1.29 is 4.79 Å². The highest BCUT2D eigenvalue weighted by Gasteiger charge is 2.26. The van der Waals surface area contributed by atoms with Gasteiger partial charge < -0.3 is 9.47 Å². The summed E-state index contributed by atoms with van der Waals surface area (Å²) >= 11 is 0. The molecule has 1 fully saturated rings. The van der Waals surface area contributed by atoms with Crippen LogP contribution in [-0.2, 0) is 11.2 Å². The van der Waals surface area contributed by atoms with Crippen molar-refractivity contribution in [2.75, 3.05) is 13.1 Å². The Kier molecular flexibility index (Phi) is 5.28. The van der Waals surface area contributed by atoms with E-state index >= 15 is 0 Å². The summed E-state index contributed by atoms with van der Waals surface area (Å²) in [7, 11) is 0. The van der Waals surface area contributed by atoms with Crippen LogP contribution in [0.4, 0.5) is 0 Å². The summed E-state index contributed by atoms with van der Waals surface area (Å²) in [5.74, 6) is 1.37. The lowest BCUT2D eigenvalue weighted by Gasteiger charge is -2.33. The van der Waals surface area contributed by atoms with Gasteiger partial charge in [0.25, 0.3) is 0 Å². The number of likely N-dealkylation sites (tertiary alicyclic amines) is 1. The molecule has 0 radical (unpaired) electrons. The van der Waals surface area contributed by atoms with Gasteiger partial charge in [0.15, 0.2) is 5.65 Å². The van der Waals surface area contributed by atoms with Crippen LogP contribution in [0, 0.1) is 0 Å². The van der Waals surface area contributed by atoms with Crippen molar-refractivity contribution in [2.24, 2.45) is 0 Å². The van der Waals surface area contributed by atoms with Crippen molar-refractivity contribution in [2.45, 2.75) is 51.5 Å². The third kappa shape index (κ3) is 3.35. The molecule has 1 aliphatic rings. The molecule has 0 aliphatic carbocycles. The molecule has 1 amide bonds. The van der Waals surface area contributed by atoms with Gasteiger partial charge >= 0.3 is 0 Å². The van der Waals surface area contributed by atoms with E-state index in [2.05, 4.69) is 23.1 Å². The molecule has 0 N–H and O–H groups in total. The average molecular weight is 326 g/mol. The number of aryl methyl sites for hydroxylation is 1. The largest absolute Gasteiger partial charge is 0.343 e. The fourth-order valence-corrected chi connectivity index (χ4v) is 3.52. The summed E-state index contributed by atoms with van der Waals surface area (Å²) < 4.78 is 2.32. The average Bonchev–Trinajstić information content (AvgIpc) is 2.98. The first kappa shape index (κ1) is 16.7. The molecule has 2 aromatic rings. The van der Waals surface area contributed by atoms with E-state index in [1.807, 2.05) is 29.3 Å². The van der Waals surface area contributed by atoms with E-state index in [4.69, 9.17) is 4.98 Å². The number of pyridine rings is 1. The van der Waals surface area contributed by atoms with Gasteiger partial charge in [0.05, 0.1) is 0 Å². The molecular formula is C19H26N4O. The van der Waals surface area contributed by atoms with Gasteiger partial charge in [0, 0.05) is 38.2 Å².